The lowest BCUT2D eigenvalue weighted by atomic mass is 9.79. The molecule has 1 aromatic rings. The molecule has 5 atom stereocenters. The molecule has 0 radical (unpaired) electrons. The summed E-state index contributed by atoms with van der Waals surface area (Å²) in [5.74, 6) is 5.01. The molecule has 0 aliphatic heterocycles. The van der Waals surface area contributed by atoms with Crippen molar-refractivity contribution in [1.82, 2.24) is 10.6 Å². The first-order chi connectivity index (χ1) is 12.2. The zero-order valence-electron chi connectivity index (χ0n) is 14.9. The number of methoxy groups -OCH3 is 1. The summed E-state index contributed by atoms with van der Waals surface area (Å²) in [6.07, 6.45) is 6.71. The molecule has 3 aliphatic carbocycles. The van der Waals surface area contributed by atoms with Gasteiger partial charge in [-0.3, -0.25) is 0 Å². The molecule has 0 heterocycles. The minimum atomic E-state index is -0.0505. The van der Waals surface area contributed by atoms with Crippen molar-refractivity contribution in [3.8, 4) is 11.5 Å². The number of hydrogen-bond acceptors (Lipinski definition) is 3. The van der Waals surface area contributed by atoms with Crippen LogP contribution in [0.1, 0.15) is 32.1 Å². The van der Waals surface area contributed by atoms with Gasteiger partial charge in [0.05, 0.1) is 13.7 Å². The average molecular weight is 344 g/mol. The van der Waals surface area contributed by atoms with E-state index >= 15 is 0 Å². The van der Waals surface area contributed by atoms with Gasteiger partial charge in [-0.2, -0.15) is 0 Å². The van der Waals surface area contributed by atoms with E-state index in [2.05, 4.69) is 10.6 Å². The highest BCUT2D eigenvalue weighted by Gasteiger charge is 2.53. The van der Waals surface area contributed by atoms with Crippen molar-refractivity contribution in [2.24, 2.45) is 23.7 Å². The number of urea groups is 1. The van der Waals surface area contributed by atoms with Gasteiger partial charge in [0.2, 0.25) is 0 Å². The van der Waals surface area contributed by atoms with Crippen molar-refractivity contribution in [3.63, 3.8) is 0 Å². The van der Waals surface area contributed by atoms with Gasteiger partial charge in [-0.1, -0.05) is 6.42 Å². The average Bonchev–Trinajstić information content (AvgIpc) is 3.32. The third-order valence-corrected chi connectivity index (χ3v) is 6.46. The van der Waals surface area contributed by atoms with E-state index in [1.165, 1.54) is 32.1 Å². The number of amides is 2. The molecule has 5 nitrogen and oxygen atoms in total. The van der Waals surface area contributed by atoms with Crippen LogP contribution in [0, 0.1) is 23.7 Å². The number of benzene rings is 1. The first kappa shape index (κ1) is 16.6. The predicted octanol–water partition coefficient (Wildman–Crippen LogP) is 3.20. The van der Waals surface area contributed by atoms with E-state index in [4.69, 9.17) is 9.47 Å². The van der Waals surface area contributed by atoms with Crippen molar-refractivity contribution < 1.29 is 14.3 Å². The molecule has 0 aromatic heterocycles. The molecular formula is C20H28N2O3. The smallest absolute Gasteiger partial charge is 0.315 e. The number of hydrogen-bond donors (Lipinski definition) is 2. The Labute approximate surface area is 149 Å². The standard InChI is InChI=1S/C20H28N2O3/c1-24-14-5-7-15(8-6-14)25-10-9-21-20(23)22-19-12-13-11-18(19)17-4-2-3-16(13)17/h5-8,13,16-19H,2-4,9-12H2,1H3,(H2,21,22,23)/t13-,16+,17-,18-,19-/m1/s1. The number of rotatable bonds is 6. The van der Waals surface area contributed by atoms with Crippen LogP contribution in [0.5, 0.6) is 11.5 Å². The molecule has 0 saturated heterocycles. The summed E-state index contributed by atoms with van der Waals surface area (Å²) in [5, 5.41) is 6.14. The van der Waals surface area contributed by atoms with E-state index < -0.39 is 0 Å². The van der Waals surface area contributed by atoms with Gasteiger partial charge < -0.3 is 20.1 Å². The first-order valence-corrected chi connectivity index (χ1v) is 9.56. The highest BCUT2D eigenvalue weighted by molar-refractivity contribution is 5.74. The monoisotopic (exact) mass is 344 g/mol. The van der Waals surface area contributed by atoms with Gasteiger partial charge in [0, 0.05) is 6.04 Å². The minimum Gasteiger partial charge on any atom is -0.497 e. The first-order valence-electron chi connectivity index (χ1n) is 9.56. The number of carbonyl (C=O) groups excluding carboxylic acids is 1. The van der Waals surface area contributed by atoms with Crippen molar-refractivity contribution >= 4 is 6.03 Å². The van der Waals surface area contributed by atoms with Gasteiger partial charge in [-0.25, -0.2) is 4.79 Å². The van der Waals surface area contributed by atoms with E-state index in [-0.39, 0.29) is 6.03 Å². The highest BCUT2D eigenvalue weighted by Crippen LogP contribution is 2.58. The molecular weight excluding hydrogens is 316 g/mol. The molecule has 3 saturated carbocycles. The van der Waals surface area contributed by atoms with E-state index in [0.29, 0.717) is 19.2 Å². The number of ether oxygens (including phenoxy) is 2. The summed E-state index contributed by atoms with van der Waals surface area (Å²) in [4.78, 5) is 12.2. The second-order valence-corrected chi connectivity index (χ2v) is 7.68. The van der Waals surface area contributed by atoms with Crippen molar-refractivity contribution in [2.45, 2.75) is 38.1 Å². The number of nitrogens with one attached hydrogen (secondary N) is 2. The van der Waals surface area contributed by atoms with Gasteiger partial charge in [0.25, 0.3) is 0 Å². The molecule has 136 valence electrons. The van der Waals surface area contributed by atoms with Crippen LogP contribution in [0.2, 0.25) is 0 Å². The Morgan fingerprint density at radius 2 is 1.84 bits per heavy atom. The molecule has 2 N–H and O–H groups in total. The zero-order valence-corrected chi connectivity index (χ0v) is 14.9. The fourth-order valence-corrected chi connectivity index (χ4v) is 5.46. The molecule has 1 aromatic carbocycles. The lowest BCUT2D eigenvalue weighted by molar-refractivity contribution is 0.196. The Hall–Kier alpha value is -1.91. The Bertz CT molecular complexity index is 603. The maximum atomic E-state index is 12.2. The fourth-order valence-electron chi connectivity index (χ4n) is 5.46. The molecule has 0 unspecified atom stereocenters. The number of carbonyl (C=O) groups is 1. The number of fused-ring (bicyclic) bond motifs is 5. The van der Waals surface area contributed by atoms with Gasteiger partial charge in [-0.05, 0) is 73.6 Å². The molecule has 2 amide bonds. The van der Waals surface area contributed by atoms with Gasteiger partial charge in [0.1, 0.15) is 18.1 Å². The van der Waals surface area contributed by atoms with Crippen molar-refractivity contribution in [2.75, 3.05) is 20.3 Å². The molecule has 25 heavy (non-hydrogen) atoms. The summed E-state index contributed by atoms with van der Waals surface area (Å²) in [7, 11) is 1.64. The molecule has 2 bridgehead atoms. The Kier molecular flexibility index (Phi) is 4.73. The fraction of sp³-hybridized carbons (Fsp3) is 0.650. The van der Waals surface area contributed by atoms with Gasteiger partial charge >= 0.3 is 6.03 Å². The van der Waals surface area contributed by atoms with E-state index in [1.54, 1.807) is 7.11 Å². The summed E-state index contributed by atoms with van der Waals surface area (Å²) >= 11 is 0. The highest BCUT2D eigenvalue weighted by atomic mass is 16.5. The van der Waals surface area contributed by atoms with Gasteiger partial charge in [-0.15, -0.1) is 0 Å². The van der Waals surface area contributed by atoms with Crippen LogP contribution in [0.15, 0.2) is 24.3 Å². The summed E-state index contributed by atoms with van der Waals surface area (Å²) in [6, 6.07) is 7.79. The maximum absolute atomic E-state index is 12.2. The van der Waals surface area contributed by atoms with E-state index in [9.17, 15) is 4.79 Å². The van der Waals surface area contributed by atoms with Crippen LogP contribution in [0.4, 0.5) is 4.79 Å². The summed E-state index contributed by atoms with van der Waals surface area (Å²) < 4.78 is 10.7. The second kappa shape index (κ2) is 7.14. The molecule has 5 heteroatoms. The van der Waals surface area contributed by atoms with Crippen LogP contribution in [0.3, 0.4) is 0 Å². The lowest BCUT2D eigenvalue weighted by Gasteiger charge is -2.32. The normalized spacial score (nSPS) is 32.3. The van der Waals surface area contributed by atoms with Crippen LogP contribution < -0.4 is 20.1 Å². The Morgan fingerprint density at radius 3 is 2.64 bits per heavy atom. The second-order valence-electron chi connectivity index (χ2n) is 7.68. The Morgan fingerprint density at radius 1 is 1.08 bits per heavy atom. The molecule has 3 fully saturated rings. The summed E-state index contributed by atoms with van der Waals surface area (Å²) in [6.45, 7) is 0.964. The van der Waals surface area contributed by atoms with Crippen LogP contribution >= 0.6 is 0 Å². The quantitative estimate of drug-likeness (QED) is 0.779. The van der Waals surface area contributed by atoms with E-state index in [1.807, 2.05) is 24.3 Å². The summed E-state index contributed by atoms with van der Waals surface area (Å²) in [5.41, 5.74) is 0. The van der Waals surface area contributed by atoms with Gasteiger partial charge in [0.15, 0.2) is 0 Å². The molecule has 0 spiro atoms. The topological polar surface area (TPSA) is 59.6 Å². The zero-order chi connectivity index (χ0) is 17.2. The maximum Gasteiger partial charge on any atom is 0.315 e. The SMILES string of the molecule is COc1ccc(OCCNC(=O)N[C@@H]2C[C@H]3C[C@@H]2[C@@H]2CCC[C@@H]32)cc1. The largest absolute Gasteiger partial charge is 0.497 e. The molecule has 3 aliphatic rings. The van der Waals surface area contributed by atoms with Crippen LogP contribution in [0.25, 0.3) is 0 Å². The molecule has 4 rings (SSSR count). The van der Waals surface area contributed by atoms with Crippen molar-refractivity contribution in [1.29, 1.82) is 0 Å². The van der Waals surface area contributed by atoms with Crippen molar-refractivity contribution in [3.05, 3.63) is 24.3 Å². The Balaban J connectivity index is 1.16. The van der Waals surface area contributed by atoms with Crippen LogP contribution in [-0.2, 0) is 0 Å². The lowest BCUT2D eigenvalue weighted by Crippen LogP contribution is -2.47. The predicted molar refractivity (Wildman–Crippen MR) is 95.9 cm³/mol. The van der Waals surface area contributed by atoms with Crippen LogP contribution in [-0.4, -0.2) is 32.3 Å². The minimum absolute atomic E-state index is 0.0505. The third kappa shape index (κ3) is 3.42. The third-order valence-electron chi connectivity index (χ3n) is 6.46. The van der Waals surface area contributed by atoms with E-state index in [0.717, 1.165) is 35.2 Å².